The predicted molar refractivity (Wildman–Crippen MR) is 107 cm³/mol. The summed E-state index contributed by atoms with van der Waals surface area (Å²) in [5, 5.41) is 4.11. The molecule has 0 spiro atoms. The first-order chi connectivity index (χ1) is 14.4. The van der Waals surface area contributed by atoms with Gasteiger partial charge in [-0.15, -0.1) is 0 Å². The number of carbonyl (C=O) groups is 1. The second-order valence-corrected chi connectivity index (χ2v) is 9.20. The first-order valence-electron chi connectivity index (χ1n) is 9.62. The molecule has 2 heterocycles. The molecule has 2 atom stereocenters. The number of fused-ring (bicyclic) bond motifs is 1. The van der Waals surface area contributed by atoms with Crippen LogP contribution in [0, 0.1) is 5.82 Å². The van der Waals surface area contributed by atoms with E-state index in [4.69, 9.17) is 9.57 Å². The van der Waals surface area contributed by atoms with Crippen molar-refractivity contribution < 1.29 is 27.2 Å². The van der Waals surface area contributed by atoms with Crippen molar-refractivity contribution in [1.82, 2.24) is 4.90 Å². The number of carbonyl (C=O) groups excluding carboxylic acids is 1. The summed E-state index contributed by atoms with van der Waals surface area (Å²) in [7, 11) is -3.73. The Kier molecular flexibility index (Phi) is 5.23. The van der Waals surface area contributed by atoms with Crippen LogP contribution in [0.25, 0.3) is 0 Å². The first kappa shape index (κ1) is 20.3. The Balaban J connectivity index is 1.72. The second kappa shape index (κ2) is 7.71. The molecule has 7 nitrogen and oxygen atoms in total. The Labute approximate surface area is 174 Å². The number of nitrogens with zero attached hydrogens (tertiary/aromatic N) is 2. The van der Waals surface area contributed by atoms with Crippen LogP contribution in [0.4, 0.5) is 4.39 Å². The smallest absolute Gasteiger partial charge is 0.328 e. The topological polar surface area (TPSA) is 85.3 Å². The van der Waals surface area contributed by atoms with Gasteiger partial charge in [0.15, 0.2) is 15.7 Å². The molecule has 30 heavy (non-hydrogen) atoms. The predicted octanol–water partition coefficient (Wildman–Crippen LogP) is 2.72. The average molecular weight is 432 g/mol. The van der Waals surface area contributed by atoms with Crippen molar-refractivity contribution in [3.8, 4) is 0 Å². The molecule has 0 aliphatic carbocycles. The molecule has 0 N–H and O–H groups in total. The molecule has 0 radical (unpaired) electrons. The van der Waals surface area contributed by atoms with Crippen LogP contribution >= 0.6 is 0 Å². The molecule has 0 unspecified atom stereocenters. The van der Waals surface area contributed by atoms with Gasteiger partial charge in [0, 0.05) is 12.0 Å². The molecule has 1 saturated heterocycles. The van der Waals surface area contributed by atoms with Gasteiger partial charge in [-0.05, 0) is 49.7 Å². The maximum atomic E-state index is 13.4. The number of hydrogen-bond donors (Lipinski definition) is 0. The highest BCUT2D eigenvalue weighted by Crippen LogP contribution is 2.43. The molecule has 4 rings (SSSR count). The van der Waals surface area contributed by atoms with E-state index in [2.05, 4.69) is 5.16 Å². The van der Waals surface area contributed by atoms with Crippen LogP contribution in [0.5, 0.6) is 0 Å². The number of halogens is 1. The number of hydrogen-bond acceptors (Lipinski definition) is 7. The molecule has 2 aromatic rings. The van der Waals surface area contributed by atoms with Gasteiger partial charge in [0.05, 0.1) is 11.5 Å². The lowest BCUT2D eigenvalue weighted by Crippen LogP contribution is -2.53. The highest BCUT2D eigenvalue weighted by atomic mass is 32.2. The second-order valence-electron chi connectivity index (χ2n) is 7.21. The molecule has 0 amide bonds. The summed E-state index contributed by atoms with van der Waals surface area (Å²) in [5.41, 5.74) is -0.817. The third-order valence-corrected chi connectivity index (χ3v) is 7.09. The van der Waals surface area contributed by atoms with E-state index in [1.807, 2.05) is 0 Å². The number of sulfone groups is 1. The summed E-state index contributed by atoms with van der Waals surface area (Å²) in [6.07, 6.45) is 0.625. The fourth-order valence-electron chi connectivity index (χ4n) is 3.93. The molecule has 9 heteroatoms. The van der Waals surface area contributed by atoms with Crippen LogP contribution in [0.2, 0.25) is 0 Å². The minimum Gasteiger partial charge on any atom is -0.464 e. The molecule has 1 fully saturated rings. The van der Waals surface area contributed by atoms with Crippen LogP contribution in [0.1, 0.15) is 25.3 Å². The maximum Gasteiger partial charge on any atom is 0.328 e. The van der Waals surface area contributed by atoms with Crippen molar-refractivity contribution in [2.75, 3.05) is 12.4 Å². The monoisotopic (exact) mass is 432 g/mol. The summed E-state index contributed by atoms with van der Waals surface area (Å²) in [5.74, 6) is -0.987. The SMILES string of the molecule is CCOC(=O)[C@@H]1CC[C@@]2(CS(=O)(=O)c3ccccc3)ON=C(c3ccc(F)cc3)N12. The van der Waals surface area contributed by atoms with Gasteiger partial charge < -0.3 is 9.57 Å². The van der Waals surface area contributed by atoms with Gasteiger partial charge in [-0.2, -0.15) is 0 Å². The summed E-state index contributed by atoms with van der Waals surface area (Å²) < 4.78 is 44.8. The fourth-order valence-corrected chi connectivity index (χ4v) is 5.60. The summed E-state index contributed by atoms with van der Waals surface area (Å²) in [6, 6.07) is 12.9. The van der Waals surface area contributed by atoms with E-state index in [9.17, 15) is 17.6 Å². The Hall–Kier alpha value is -2.94. The van der Waals surface area contributed by atoms with E-state index in [-0.39, 0.29) is 29.5 Å². The van der Waals surface area contributed by atoms with E-state index < -0.39 is 33.4 Å². The summed E-state index contributed by atoms with van der Waals surface area (Å²) in [6.45, 7) is 1.90. The molecule has 158 valence electrons. The number of esters is 1. The minimum atomic E-state index is -3.73. The number of oxime groups is 1. The van der Waals surface area contributed by atoms with Gasteiger partial charge in [0.2, 0.25) is 5.72 Å². The van der Waals surface area contributed by atoms with Crippen molar-refractivity contribution >= 4 is 21.6 Å². The van der Waals surface area contributed by atoms with Crippen molar-refractivity contribution in [3.05, 3.63) is 66.0 Å². The van der Waals surface area contributed by atoms with Crippen molar-refractivity contribution in [3.63, 3.8) is 0 Å². The third kappa shape index (κ3) is 3.54. The third-order valence-electron chi connectivity index (χ3n) is 5.27. The zero-order valence-corrected chi connectivity index (χ0v) is 17.1. The Morgan fingerprint density at radius 1 is 1.23 bits per heavy atom. The Morgan fingerprint density at radius 3 is 2.60 bits per heavy atom. The molecule has 2 aliphatic rings. The average Bonchev–Trinajstić information content (AvgIpc) is 3.26. The Morgan fingerprint density at radius 2 is 1.93 bits per heavy atom. The number of amidine groups is 1. The summed E-state index contributed by atoms with van der Waals surface area (Å²) in [4.78, 5) is 20.1. The van der Waals surface area contributed by atoms with Crippen LogP contribution in [-0.2, 0) is 24.2 Å². The van der Waals surface area contributed by atoms with Crippen LogP contribution in [0.15, 0.2) is 64.6 Å². The summed E-state index contributed by atoms with van der Waals surface area (Å²) >= 11 is 0. The van der Waals surface area contributed by atoms with E-state index >= 15 is 0 Å². The number of benzene rings is 2. The zero-order chi connectivity index (χ0) is 21.4. The molecule has 0 saturated carbocycles. The highest BCUT2D eigenvalue weighted by molar-refractivity contribution is 7.91. The van der Waals surface area contributed by atoms with Gasteiger partial charge in [-0.3, -0.25) is 4.90 Å². The normalized spacial score (nSPS) is 22.9. The van der Waals surface area contributed by atoms with Crippen molar-refractivity contribution in [1.29, 1.82) is 0 Å². The molecule has 2 aliphatic heterocycles. The molecular weight excluding hydrogens is 411 g/mol. The quantitative estimate of drug-likeness (QED) is 0.653. The van der Waals surface area contributed by atoms with Crippen LogP contribution in [-0.4, -0.2) is 49.2 Å². The molecule has 0 bridgehead atoms. The lowest BCUT2D eigenvalue weighted by molar-refractivity contribution is -0.150. The largest absolute Gasteiger partial charge is 0.464 e. The van der Waals surface area contributed by atoms with E-state index in [0.29, 0.717) is 12.0 Å². The molecule has 0 aromatic heterocycles. The number of rotatable bonds is 6. The van der Waals surface area contributed by atoms with E-state index in [1.54, 1.807) is 30.0 Å². The first-order valence-corrected chi connectivity index (χ1v) is 11.3. The molecular formula is C21H21FN2O5S. The van der Waals surface area contributed by atoms with E-state index in [1.165, 1.54) is 36.4 Å². The van der Waals surface area contributed by atoms with Gasteiger partial charge in [0.1, 0.15) is 17.6 Å². The van der Waals surface area contributed by atoms with Crippen molar-refractivity contribution in [2.45, 2.75) is 36.4 Å². The minimum absolute atomic E-state index is 0.165. The lowest BCUT2D eigenvalue weighted by atomic mass is 10.1. The van der Waals surface area contributed by atoms with Gasteiger partial charge in [0.25, 0.3) is 0 Å². The van der Waals surface area contributed by atoms with Gasteiger partial charge in [-0.1, -0.05) is 23.4 Å². The maximum absolute atomic E-state index is 13.4. The van der Waals surface area contributed by atoms with Crippen LogP contribution < -0.4 is 0 Å². The zero-order valence-electron chi connectivity index (χ0n) is 16.3. The Bertz CT molecular complexity index is 1070. The number of ether oxygens (including phenoxy) is 1. The van der Waals surface area contributed by atoms with E-state index in [0.717, 1.165) is 0 Å². The standard InChI is InChI=1S/C21H21FN2O5S/c1-2-28-20(25)18-12-13-21(14-30(26,27)17-6-4-3-5-7-17)24(18)19(23-29-21)15-8-10-16(22)11-9-15/h3-11,18H,2,12-14H2,1H3/t18-,21-/m0/s1. The van der Waals surface area contributed by atoms with Crippen LogP contribution in [0.3, 0.4) is 0 Å². The van der Waals surface area contributed by atoms with Gasteiger partial charge >= 0.3 is 5.97 Å². The lowest BCUT2D eigenvalue weighted by Gasteiger charge is -2.33. The van der Waals surface area contributed by atoms with Crippen molar-refractivity contribution in [2.24, 2.45) is 5.16 Å². The fraction of sp³-hybridized carbons (Fsp3) is 0.333. The molecule has 2 aromatic carbocycles. The van der Waals surface area contributed by atoms with Gasteiger partial charge in [-0.25, -0.2) is 17.6 Å². The highest BCUT2D eigenvalue weighted by Gasteiger charge is 2.59.